The van der Waals surface area contributed by atoms with E-state index in [-0.39, 0.29) is 29.7 Å². The van der Waals surface area contributed by atoms with Gasteiger partial charge in [0, 0.05) is 7.05 Å². The highest BCUT2D eigenvalue weighted by Crippen LogP contribution is 2.25. The lowest BCUT2D eigenvalue weighted by molar-refractivity contribution is 0.0919. The van der Waals surface area contributed by atoms with Crippen molar-refractivity contribution in [3.8, 4) is 11.5 Å². The number of amides is 1. The summed E-state index contributed by atoms with van der Waals surface area (Å²) in [5.74, 6) is 0.146. The molecule has 1 amide bonds. The van der Waals surface area contributed by atoms with Gasteiger partial charge in [0.1, 0.15) is 18.1 Å². The molecule has 1 aromatic carbocycles. The van der Waals surface area contributed by atoms with Crippen LogP contribution in [-0.4, -0.2) is 48.7 Å². The van der Waals surface area contributed by atoms with E-state index in [9.17, 15) is 14.7 Å². The van der Waals surface area contributed by atoms with E-state index in [1.54, 1.807) is 33.0 Å². The van der Waals surface area contributed by atoms with Crippen LogP contribution in [0.1, 0.15) is 24.2 Å². The third-order valence-corrected chi connectivity index (χ3v) is 2.86. The zero-order valence-electron chi connectivity index (χ0n) is 11.8. The van der Waals surface area contributed by atoms with E-state index in [4.69, 9.17) is 9.47 Å². The first-order valence-corrected chi connectivity index (χ1v) is 6.30. The number of aldehydes is 1. The molecule has 0 aliphatic carbocycles. The molecule has 0 radical (unpaired) electrons. The Morgan fingerprint density at radius 2 is 2.20 bits per heavy atom. The molecule has 1 rings (SSSR count). The summed E-state index contributed by atoms with van der Waals surface area (Å²) < 4.78 is 10.4. The van der Waals surface area contributed by atoms with Gasteiger partial charge < -0.3 is 19.5 Å². The minimum atomic E-state index is -0.435. The predicted molar refractivity (Wildman–Crippen MR) is 73.2 cm³/mol. The molecule has 0 bridgehead atoms. The molecule has 0 heterocycles. The maximum Gasteiger partial charge on any atom is 0.409 e. The van der Waals surface area contributed by atoms with Gasteiger partial charge in [0.2, 0.25) is 0 Å². The van der Waals surface area contributed by atoms with Crippen molar-refractivity contribution >= 4 is 12.4 Å². The fraction of sp³-hybridized carbons (Fsp3) is 0.429. The van der Waals surface area contributed by atoms with Crippen LogP contribution in [0.25, 0.3) is 0 Å². The first kappa shape index (κ1) is 15.8. The highest BCUT2D eigenvalue weighted by molar-refractivity contribution is 5.83. The Bertz CT molecular complexity index is 475. The van der Waals surface area contributed by atoms with E-state index in [0.717, 1.165) is 0 Å². The van der Waals surface area contributed by atoms with Crippen molar-refractivity contribution in [1.82, 2.24) is 4.90 Å². The quantitative estimate of drug-likeness (QED) is 0.808. The molecule has 6 nitrogen and oxygen atoms in total. The molecular weight excluding hydrogens is 262 g/mol. The monoisotopic (exact) mass is 281 g/mol. The summed E-state index contributed by atoms with van der Waals surface area (Å²) in [5, 5.41) is 9.53. The molecule has 0 aromatic heterocycles. The summed E-state index contributed by atoms with van der Waals surface area (Å²) in [6, 6.07) is 4.33. The first-order chi connectivity index (χ1) is 9.51. The Hall–Kier alpha value is -2.24. The highest BCUT2D eigenvalue weighted by Gasteiger charge is 2.18. The third kappa shape index (κ3) is 3.88. The molecule has 20 heavy (non-hydrogen) atoms. The first-order valence-electron chi connectivity index (χ1n) is 6.30. The van der Waals surface area contributed by atoms with Crippen LogP contribution in [0.15, 0.2) is 18.2 Å². The number of carbonyl (C=O) groups is 2. The van der Waals surface area contributed by atoms with Gasteiger partial charge in [0.15, 0.2) is 6.29 Å². The maximum atomic E-state index is 11.5. The zero-order chi connectivity index (χ0) is 15.1. The maximum absolute atomic E-state index is 11.5. The van der Waals surface area contributed by atoms with Gasteiger partial charge in [-0.1, -0.05) is 6.07 Å². The summed E-state index contributed by atoms with van der Waals surface area (Å²) in [5.41, 5.74) is 0.0958. The number of likely N-dealkylation sites (N-methyl/N-ethyl adjacent to an activating group) is 1. The fourth-order valence-corrected chi connectivity index (χ4v) is 1.50. The van der Waals surface area contributed by atoms with Gasteiger partial charge in [-0.25, -0.2) is 4.79 Å². The van der Waals surface area contributed by atoms with E-state index in [0.29, 0.717) is 12.9 Å². The van der Waals surface area contributed by atoms with Gasteiger partial charge >= 0.3 is 6.09 Å². The second-order valence-electron chi connectivity index (χ2n) is 4.28. The Kier molecular flexibility index (Phi) is 5.83. The van der Waals surface area contributed by atoms with Crippen LogP contribution in [0.4, 0.5) is 4.79 Å². The second kappa shape index (κ2) is 7.37. The molecule has 1 atom stereocenters. The normalized spacial score (nSPS) is 11.6. The summed E-state index contributed by atoms with van der Waals surface area (Å²) >= 11 is 0. The zero-order valence-corrected chi connectivity index (χ0v) is 11.8. The lowest BCUT2D eigenvalue weighted by Gasteiger charge is -2.24. The summed E-state index contributed by atoms with van der Waals surface area (Å²) in [6.45, 7) is 4.01. The molecular formula is C14H19NO5. The number of hydrogen-bond donors (Lipinski definition) is 1. The molecule has 1 N–H and O–H groups in total. The van der Waals surface area contributed by atoms with Gasteiger partial charge in [-0.15, -0.1) is 0 Å². The number of phenols is 1. The highest BCUT2D eigenvalue weighted by atomic mass is 16.6. The van der Waals surface area contributed by atoms with Gasteiger partial charge in [-0.2, -0.15) is 0 Å². The number of phenolic OH excluding ortho intramolecular Hbond substituents is 1. The Labute approximate surface area is 117 Å². The van der Waals surface area contributed by atoms with Crippen molar-refractivity contribution < 1.29 is 24.2 Å². The van der Waals surface area contributed by atoms with Crippen molar-refractivity contribution in [3.63, 3.8) is 0 Å². The van der Waals surface area contributed by atoms with E-state index >= 15 is 0 Å². The summed E-state index contributed by atoms with van der Waals surface area (Å²) in [7, 11) is 1.61. The fourth-order valence-electron chi connectivity index (χ4n) is 1.50. The SMILES string of the molecule is CCOC(=O)N(C)C(C)COc1cccc(O)c1C=O. The van der Waals surface area contributed by atoms with Gasteiger partial charge in [-0.3, -0.25) is 4.79 Å². The number of carbonyl (C=O) groups excluding carboxylic acids is 2. The van der Waals surface area contributed by atoms with Crippen LogP contribution in [0.3, 0.4) is 0 Å². The molecule has 1 aromatic rings. The second-order valence-corrected chi connectivity index (χ2v) is 4.28. The van der Waals surface area contributed by atoms with E-state index in [2.05, 4.69) is 0 Å². The van der Waals surface area contributed by atoms with Gasteiger partial charge in [-0.05, 0) is 26.0 Å². The Balaban J connectivity index is 2.65. The molecule has 1 unspecified atom stereocenters. The Morgan fingerprint density at radius 3 is 2.80 bits per heavy atom. The number of aromatic hydroxyl groups is 1. The van der Waals surface area contributed by atoms with Crippen molar-refractivity contribution in [3.05, 3.63) is 23.8 Å². The lowest BCUT2D eigenvalue weighted by Crippen LogP contribution is -2.39. The van der Waals surface area contributed by atoms with Crippen LogP contribution in [0.5, 0.6) is 11.5 Å². The van der Waals surface area contributed by atoms with Crippen LogP contribution in [0.2, 0.25) is 0 Å². The van der Waals surface area contributed by atoms with E-state index in [1.807, 2.05) is 0 Å². The molecule has 0 fully saturated rings. The summed E-state index contributed by atoms with van der Waals surface area (Å²) in [4.78, 5) is 23.8. The topological polar surface area (TPSA) is 76.1 Å². The standard InChI is InChI=1S/C14H19NO5/c1-4-19-14(18)15(3)10(2)9-20-13-7-5-6-12(17)11(13)8-16/h5-8,10,17H,4,9H2,1-3H3. The molecule has 110 valence electrons. The van der Waals surface area contributed by atoms with Crippen molar-refractivity contribution in [2.45, 2.75) is 19.9 Å². The number of nitrogens with zero attached hydrogens (tertiary/aromatic N) is 1. The van der Waals surface area contributed by atoms with Crippen LogP contribution in [-0.2, 0) is 4.74 Å². The summed E-state index contributed by atoms with van der Waals surface area (Å²) in [6.07, 6.45) is 0.0971. The van der Waals surface area contributed by atoms with Crippen molar-refractivity contribution in [2.75, 3.05) is 20.3 Å². The number of benzene rings is 1. The van der Waals surface area contributed by atoms with Crippen LogP contribution < -0.4 is 4.74 Å². The molecule has 6 heteroatoms. The van der Waals surface area contributed by atoms with Crippen molar-refractivity contribution in [2.24, 2.45) is 0 Å². The average molecular weight is 281 g/mol. The van der Waals surface area contributed by atoms with Gasteiger partial charge in [0.25, 0.3) is 0 Å². The van der Waals surface area contributed by atoms with E-state index in [1.165, 1.54) is 11.0 Å². The van der Waals surface area contributed by atoms with Crippen LogP contribution in [0, 0.1) is 0 Å². The lowest BCUT2D eigenvalue weighted by atomic mass is 10.2. The molecule has 0 saturated carbocycles. The predicted octanol–water partition coefficient (Wildman–Crippen LogP) is 2.06. The smallest absolute Gasteiger partial charge is 0.409 e. The molecule has 0 aliphatic heterocycles. The largest absolute Gasteiger partial charge is 0.507 e. The molecule has 0 spiro atoms. The van der Waals surface area contributed by atoms with Gasteiger partial charge in [0.05, 0.1) is 18.2 Å². The number of rotatable bonds is 6. The number of hydrogen-bond acceptors (Lipinski definition) is 5. The molecule has 0 saturated heterocycles. The third-order valence-electron chi connectivity index (χ3n) is 2.86. The van der Waals surface area contributed by atoms with E-state index < -0.39 is 6.09 Å². The minimum absolute atomic E-state index is 0.0958. The van der Waals surface area contributed by atoms with Crippen LogP contribution >= 0.6 is 0 Å². The number of ether oxygens (including phenoxy) is 2. The Morgan fingerprint density at radius 1 is 1.50 bits per heavy atom. The molecule has 0 aliphatic rings. The minimum Gasteiger partial charge on any atom is -0.507 e. The van der Waals surface area contributed by atoms with Crippen molar-refractivity contribution in [1.29, 1.82) is 0 Å². The average Bonchev–Trinajstić information content (AvgIpc) is 2.44.